The van der Waals surface area contributed by atoms with Crippen molar-refractivity contribution in [2.45, 2.75) is 12.5 Å². The fraction of sp³-hybridized carbons (Fsp3) is 0.143. The zero-order valence-corrected chi connectivity index (χ0v) is 11.4. The van der Waals surface area contributed by atoms with Gasteiger partial charge in [0.1, 0.15) is 6.04 Å². The van der Waals surface area contributed by atoms with Crippen molar-refractivity contribution in [1.29, 1.82) is 0 Å². The van der Waals surface area contributed by atoms with Gasteiger partial charge in [0, 0.05) is 23.7 Å². The van der Waals surface area contributed by atoms with Gasteiger partial charge < -0.3 is 15.4 Å². The van der Waals surface area contributed by atoms with E-state index >= 15 is 0 Å². The van der Waals surface area contributed by atoms with E-state index in [1.807, 2.05) is 6.07 Å². The van der Waals surface area contributed by atoms with Gasteiger partial charge in [-0.25, -0.2) is 9.78 Å². The van der Waals surface area contributed by atoms with E-state index in [0.29, 0.717) is 16.6 Å². The van der Waals surface area contributed by atoms with Gasteiger partial charge in [0.2, 0.25) is 0 Å². The average molecular weight is 299 g/mol. The molecular formula is C14H13N5O3. The maximum atomic E-state index is 12.3. The first-order valence-electron chi connectivity index (χ1n) is 6.59. The number of H-pyrrole nitrogens is 2. The maximum Gasteiger partial charge on any atom is 0.326 e. The minimum atomic E-state index is -1.12. The summed E-state index contributed by atoms with van der Waals surface area (Å²) >= 11 is 0. The lowest BCUT2D eigenvalue weighted by Gasteiger charge is -2.12. The Morgan fingerprint density at radius 2 is 2.14 bits per heavy atom. The molecule has 0 bridgehead atoms. The molecule has 3 rings (SSSR count). The van der Waals surface area contributed by atoms with E-state index in [-0.39, 0.29) is 12.1 Å². The molecule has 1 amide bonds. The fourth-order valence-corrected chi connectivity index (χ4v) is 2.18. The summed E-state index contributed by atoms with van der Waals surface area (Å²) in [6.07, 6.45) is 3.09. The fourth-order valence-electron chi connectivity index (χ4n) is 2.18. The predicted molar refractivity (Wildman–Crippen MR) is 77.3 cm³/mol. The van der Waals surface area contributed by atoms with Crippen molar-refractivity contribution < 1.29 is 14.7 Å². The molecule has 0 aliphatic heterocycles. The van der Waals surface area contributed by atoms with Gasteiger partial charge in [-0.05, 0) is 6.07 Å². The van der Waals surface area contributed by atoms with Crippen LogP contribution in [0.2, 0.25) is 0 Å². The van der Waals surface area contributed by atoms with Gasteiger partial charge in [-0.15, -0.1) is 0 Å². The summed E-state index contributed by atoms with van der Waals surface area (Å²) in [4.78, 5) is 30.2. The number of aliphatic carboxylic acids is 1. The minimum Gasteiger partial charge on any atom is -0.480 e. The van der Waals surface area contributed by atoms with Crippen molar-refractivity contribution in [2.24, 2.45) is 0 Å². The van der Waals surface area contributed by atoms with Gasteiger partial charge in [-0.2, -0.15) is 5.10 Å². The Kier molecular flexibility index (Phi) is 3.57. The number of aromatic nitrogens is 4. The Hall–Kier alpha value is -3.16. The summed E-state index contributed by atoms with van der Waals surface area (Å²) < 4.78 is 0. The van der Waals surface area contributed by atoms with Crippen LogP contribution in [-0.2, 0) is 11.2 Å². The highest BCUT2D eigenvalue weighted by atomic mass is 16.4. The molecule has 0 saturated carbocycles. The normalized spacial score (nSPS) is 12.2. The van der Waals surface area contributed by atoms with Crippen molar-refractivity contribution in [2.75, 3.05) is 0 Å². The van der Waals surface area contributed by atoms with Gasteiger partial charge >= 0.3 is 5.97 Å². The lowest BCUT2D eigenvalue weighted by atomic mass is 10.1. The van der Waals surface area contributed by atoms with E-state index < -0.39 is 17.9 Å². The molecule has 112 valence electrons. The van der Waals surface area contributed by atoms with Crippen LogP contribution in [0.1, 0.15) is 16.2 Å². The summed E-state index contributed by atoms with van der Waals surface area (Å²) in [6.45, 7) is 0. The molecule has 2 aromatic heterocycles. The molecule has 4 N–H and O–H groups in total. The van der Waals surface area contributed by atoms with Gasteiger partial charge in [0.15, 0.2) is 5.69 Å². The summed E-state index contributed by atoms with van der Waals surface area (Å²) in [7, 11) is 0. The summed E-state index contributed by atoms with van der Waals surface area (Å²) in [5.74, 6) is -1.66. The quantitative estimate of drug-likeness (QED) is 0.552. The van der Waals surface area contributed by atoms with E-state index in [0.717, 1.165) is 0 Å². The van der Waals surface area contributed by atoms with Crippen LogP contribution in [0.4, 0.5) is 0 Å². The van der Waals surface area contributed by atoms with Gasteiger partial charge in [-0.1, -0.05) is 18.2 Å². The Balaban J connectivity index is 1.80. The number of para-hydroxylation sites is 1. The topological polar surface area (TPSA) is 124 Å². The van der Waals surface area contributed by atoms with Crippen molar-refractivity contribution >= 4 is 22.8 Å². The van der Waals surface area contributed by atoms with E-state index in [1.54, 1.807) is 18.2 Å². The Morgan fingerprint density at radius 3 is 2.86 bits per heavy atom. The molecule has 8 heteroatoms. The number of carboxylic acid groups (broad SMARTS) is 1. The number of aromatic amines is 2. The molecule has 3 aromatic rings. The van der Waals surface area contributed by atoms with E-state index in [4.69, 9.17) is 0 Å². The second kappa shape index (κ2) is 5.68. The zero-order chi connectivity index (χ0) is 15.5. The van der Waals surface area contributed by atoms with Crippen LogP contribution in [0.3, 0.4) is 0 Å². The SMILES string of the molecule is O=C(NC(Cc1cnc[nH]1)C(=O)O)c1n[nH]c2ccccc12. The minimum absolute atomic E-state index is 0.115. The maximum absolute atomic E-state index is 12.3. The lowest BCUT2D eigenvalue weighted by molar-refractivity contribution is -0.139. The van der Waals surface area contributed by atoms with Crippen molar-refractivity contribution in [3.63, 3.8) is 0 Å². The van der Waals surface area contributed by atoms with Crippen molar-refractivity contribution in [3.05, 3.63) is 48.2 Å². The molecule has 22 heavy (non-hydrogen) atoms. The van der Waals surface area contributed by atoms with Gasteiger partial charge in [-0.3, -0.25) is 9.89 Å². The molecule has 0 spiro atoms. The van der Waals surface area contributed by atoms with Crippen LogP contribution in [0.5, 0.6) is 0 Å². The summed E-state index contributed by atoms with van der Waals surface area (Å²) in [5, 5.41) is 19.1. The van der Waals surface area contributed by atoms with Crippen LogP contribution in [0.15, 0.2) is 36.8 Å². The molecule has 1 atom stereocenters. The summed E-state index contributed by atoms with van der Waals surface area (Å²) in [5.41, 5.74) is 1.51. The number of hydrogen-bond acceptors (Lipinski definition) is 4. The van der Waals surface area contributed by atoms with Gasteiger partial charge in [0.05, 0.1) is 11.8 Å². The Labute approximate surface area is 124 Å². The zero-order valence-electron chi connectivity index (χ0n) is 11.4. The molecule has 0 saturated heterocycles. The second-order valence-corrected chi connectivity index (χ2v) is 4.76. The number of nitrogens with one attached hydrogen (secondary N) is 3. The van der Waals surface area contributed by atoms with E-state index in [9.17, 15) is 14.7 Å². The first-order chi connectivity index (χ1) is 10.6. The highest BCUT2D eigenvalue weighted by molar-refractivity contribution is 6.05. The lowest BCUT2D eigenvalue weighted by Crippen LogP contribution is -2.42. The average Bonchev–Trinajstić information content (AvgIpc) is 3.15. The molecule has 0 radical (unpaired) electrons. The molecule has 0 aliphatic rings. The van der Waals surface area contributed by atoms with Gasteiger partial charge in [0.25, 0.3) is 5.91 Å². The van der Waals surface area contributed by atoms with Crippen LogP contribution in [0.25, 0.3) is 10.9 Å². The predicted octanol–water partition coefficient (Wildman–Crippen LogP) is 0.712. The number of amides is 1. The molecule has 0 fully saturated rings. The van der Waals surface area contributed by atoms with E-state index in [1.165, 1.54) is 12.5 Å². The highest BCUT2D eigenvalue weighted by Gasteiger charge is 2.23. The van der Waals surface area contributed by atoms with E-state index in [2.05, 4.69) is 25.5 Å². The number of carboxylic acids is 1. The number of benzene rings is 1. The number of carbonyl (C=O) groups is 2. The monoisotopic (exact) mass is 299 g/mol. The van der Waals surface area contributed by atoms with Crippen LogP contribution < -0.4 is 5.32 Å². The molecule has 0 aliphatic carbocycles. The van der Waals surface area contributed by atoms with Crippen molar-refractivity contribution in [3.8, 4) is 0 Å². The largest absolute Gasteiger partial charge is 0.480 e. The standard InChI is InChI=1S/C14H13N5O3/c20-13(12-9-3-1-2-4-10(9)18-19-12)17-11(14(21)22)5-8-6-15-7-16-8/h1-4,6-7,11H,5H2,(H,15,16)(H,17,20)(H,18,19)(H,21,22). The highest BCUT2D eigenvalue weighted by Crippen LogP contribution is 2.15. The molecule has 1 aromatic carbocycles. The number of nitrogens with zero attached hydrogens (tertiary/aromatic N) is 2. The van der Waals surface area contributed by atoms with Crippen LogP contribution in [0, 0.1) is 0 Å². The Morgan fingerprint density at radius 1 is 1.32 bits per heavy atom. The number of carbonyl (C=O) groups excluding carboxylic acids is 1. The molecule has 2 heterocycles. The first kappa shape index (κ1) is 13.8. The smallest absolute Gasteiger partial charge is 0.326 e. The number of fused-ring (bicyclic) bond motifs is 1. The number of hydrogen-bond donors (Lipinski definition) is 4. The third-order valence-electron chi connectivity index (χ3n) is 3.27. The molecule has 1 unspecified atom stereocenters. The van der Waals surface area contributed by atoms with Crippen molar-refractivity contribution in [1.82, 2.24) is 25.5 Å². The first-order valence-corrected chi connectivity index (χ1v) is 6.59. The van der Waals surface area contributed by atoms with Crippen LogP contribution >= 0.6 is 0 Å². The molecule has 8 nitrogen and oxygen atoms in total. The summed E-state index contributed by atoms with van der Waals surface area (Å²) in [6, 6.07) is 6.08. The molecular weight excluding hydrogens is 286 g/mol. The number of rotatable bonds is 5. The van der Waals surface area contributed by atoms with Crippen LogP contribution in [-0.4, -0.2) is 43.2 Å². The number of imidazole rings is 1. The third kappa shape index (κ3) is 2.66. The second-order valence-electron chi connectivity index (χ2n) is 4.76. The Bertz CT molecular complexity index is 809. The third-order valence-corrected chi connectivity index (χ3v) is 3.27.